The zero-order chi connectivity index (χ0) is 29.6. The predicted molar refractivity (Wildman–Crippen MR) is 158 cm³/mol. The standard InChI is InChI=1S/C32H43N3O6/c1-32(2,3)41-31(38)34(4)17-10-9-16-33-27(36)20-35-26-19-23(30(37)39-5)13-14-25(26)28(22-11-7-6-8-12-22)29(35)24-15-18-40-21-24/h13-15,18-19,21-22H,6-12,16-17,20H2,1-5H3,(H,33,36). The number of unbranched alkanes of at least 4 members (excludes halogenated alkanes) is 1. The van der Waals surface area contributed by atoms with Gasteiger partial charge in [-0.05, 0) is 76.1 Å². The number of amides is 2. The highest BCUT2D eigenvalue weighted by molar-refractivity contribution is 5.99. The summed E-state index contributed by atoms with van der Waals surface area (Å²) in [6.07, 6.45) is 10.2. The number of esters is 1. The SMILES string of the molecule is COC(=O)c1ccc2c(C3CCCCC3)c(-c3ccoc3)n(CC(=O)NCCCCN(C)C(=O)OC(C)(C)C)c2c1. The number of nitrogens with zero attached hydrogens (tertiary/aromatic N) is 2. The first-order valence-electron chi connectivity index (χ1n) is 14.6. The van der Waals surface area contributed by atoms with Crippen LogP contribution in [0.2, 0.25) is 0 Å². The van der Waals surface area contributed by atoms with E-state index in [2.05, 4.69) is 5.32 Å². The van der Waals surface area contributed by atoms with Crippen molar-refractivity contribution in [2.45, 2.75) is 83.8 Å². The number of benzene rings is 1. The largest absolute Gasteiger partial charge is 0.472 e. The highest BCUT2D eigenvalue weighted by atomic mass is 16.6. The minimum atomic E-state index is -0.536. The summed E-state index contributed by atoms with van der Waals surface area (Å²) < 4.78 is 17.9. The molecule has 0 atom stereocenters. The van der Waals surface area contributed by atoms with Gasteiger partial charge in [-0.25, -0.2) is 9.59 Å². The third kappa shape index (κ3) is 7.51. The summed E-state index contributed by atoms with van der Waals surface area (Å²) in [5.41, 5.74) is 3.85. The monoisotopic (exact) mass is 565 g/mol. The number of fused-ring (bicyclic) bond motifs is 1. The molecule has 0 saturated heterocycles. The molecule has 1 aliphatic rings. The van der Waals surface area contributed by atoms with E-state index >= 15 is 0 Å². The zero-order valence-electron chi connectivity index (χ0n) is 25.0. The van der Waals surface area contributed by atoms with Crippen LogP contribution in [0.4, 0.5) is 4.79 Å². The molecule has 9 heteroatoms. The summed E-state index contributed by atoms with van der Waals surface area (Å²) in [6, 6.07) is 7.55. The average Bonchev–Trinajstić information content (AvgIpc) is 3.58. The quantitative estimate of drug-likeness (QED) is 0.222. The third-order valence-corrected chi connectivity index (χ3v) is 7.58. The molecule has 0 aliphatic heterocycles. The fraction of sp³-hybridized carbons (Fsp3) is 0.531. The van der Waals surface area contributed by atoms with Crippen molar-refractivity contribution in [3.8, 4) is 11.3 Å². The normalized spacial score (nSPS) is 14.2. The number of methoxy groups -OCH3 is 1. The number of carbonyl (C=O) groups is 3. The lowest BCUT2D eigenvalue weighted by molar-refractivity contribution is -0.121. The molecule has 41 heavy (non-hydrogen) atoms. The summed E-state index contributed by atoms with van der Waals surface area (Å²) in [7, 11) is 3.09. The van der Waals surface area contributed by atoms with Gasteiger partial charge in [0, 0.05) is 31.1 Å². The second kappa shape index (κ2) is 13.3. The van der Waals surface area contributed by atoms with Crippen molar-refractivity contribution in [2.75, 3.05) is 27.2 Å². The fourth-order valence-corrected chi connectivity index (χ4v) is 5.63. The second-order valence-electron chi connectivity index (χ2n) is 11.9. The van der Waals surface area contributed by atoms with Gasteiger partial charge in [0.15, 0.2) is 0 Å². The Bertz CT molecular complexity index is 1350. The van der Waals surface area contributed by atoms with Gasteiger partial charge in [-0.15, -0.1) is 0 Å². The van der Waals surface area contributed by atoms with Gasteiger partial charge in [0.2, 0.25) is 5.91 Å². The first kappa shape index (κ1) is 30.2. The minimum Gasteiger partial charge on any atom is -0.472 e. The second-order valence-corrected chi connectivity index (χ2v) is 11.9. The highest BCUT2D eigenvalue weighted by Gasteiger charge is 2.28. The number of furan rings is 1. The van der Waals surface area contributed by atoms with Crippen LogP contribution in [-0.2, 0) is 20.8 Å². The molecule has 4 rings (SSSR count). The van der Waals surface area contributed by atoms with Crippen molar-refractivity contribution < 1.29 is 28.3 Å². The molecule has 0 unspecified atom stereocenters. The maximum atomic E-state index is 13.3. The molecule has 2 aromatic heterocycles. The van der Waals surface area contributed by atoms with Crippen LogP contribution in [0.1, 0.15) is 87.6 Å². The summed E-state index contributed by atoms with van der Waals surface area (Å²) >= 11 is 0. The Morgan fingerprint density at radius 1 is 1.10 bits per heavy atom. The first-order valence-corrected chi connectivity index (χ1v) is 14.6. The Labute approximate surface area is 242 Å². The molecule has 2 amide bonds. The van der Waals surface area contributed by atoms with E-state index in [1.165, 1.54) is 31.9 Å². The number of hydrogen-bond acceptors (Lipinski definition) is 6. The van der Waals surface area contributed by atoms with Gasteiger partial charge < -0.3 is 28.7 Å². The molecular formula is C32H43N3O6. The molecule has 0 radical (unpaired) electrons. The topological polar surface area (TPSA) is 103 Å². The Hall–Kier alpha value is -3.75. The van der Waals surface area contributed by atoms with Gasteiger partial charge in [-0.3, -0.25) is 4.79 Å². The van der Waals surface area contributed by atoms with Crippen LogP contribution in [0.15, 0.2) is 41.2 Å². The van der Waals surface area contributed by atoms with Gasteiger partial charge in [0.1, 0.15) is 12.1 Å². The lowest BCUT2D eigenvalue weighted by atomic mass is 9.82. The van der Waals surface area contributed by atoms with Crippen molar-refractivity contribution >= 4 is 28.9 Å². The first-order chi connectivity index (χ1) is 19.6. The number of hydrogen-bond donors (Lipinski definition) is 1. The van der Waals surface area contributed by atoms with Crippen LogP contribution in [0.5, 0.6) is 0 Å². The van der Waals surface area contributed by atoms with E-state index in [0.29, 0.717) is 24.6 Å². The third-order valence-electron chi connectivity index (χ3n) is 7.58. The lowest BCUT2D eigenvalue weighted by Crippen LogP contribution is -2.35. The van der Waals surface area contributed by atoms with Gasteiger partial charge in [-0.2, -0.15) is 0 Å². The van der Waals surface area contributed by atoms with E-state index in [1.807, 2.05) is 43.5 Å². The van der Waals surface area contributed by atoms with E-state index in [-0.39, 0.29) is 18.5 Å². The van der Waals surface area contributed by atoms with Gasteiger partial charge in [0.05, 0.1) is 36.4 Å². The molecule has 9 nitrogen and oxygen atoms in total. The maximum Gasteiger partial charge on any atom is 0.410 e. The molecule has 0 spiro atoms. The van der Waals surface area contributed by atoms with Crippen molar-refractivity contribution in [1.82, 2.24) is 14.8 Å². The summed E-state index contributed by atoms with van der Waals surface area (Å²) in [5, 5.41) is 4.09. The van der Waals surface area contributed by atoms with Gasteiger partial charge in [0.25, 0.3) is 0 Å². The number of nitrogens with one attached hydrogen (secondary N) is 1. The highest BCUT2D eigenvalue weighted by Crippen LogP contribution is 2.44. The van der Waals surface area contributed by atoms with E-state index in [9.17, 15) is 14.4 Å². The predicted octanol–water partition coefficient (Wildman–Crippen LogP) is 6.50. The molecule has 0 bridgehead atoms. The van der Waals surface area contributed by atoms with Gasteiger partial charge >= 0.3 is 12.1 Å². The molecule has 1 saturated carbocycles. The van der Waals surface area contributed by atoms with Crippen molar-refractivity contribution in [3.63, 3.8) is 0 Å². The van der Waals surface area contributed by atoms with Crippen molar-refractivity contribution in [2.24, 2.45) is 0 Å². The molecule has 1 aromatic carbocycles. The van der Waals surface area contributed by atoms with Crippen LogP contribution in [0.3, 0.4) is 0 Å². The maximum absolute atomic E-state index is 13.3. The van der Waals surface area contributed by atoms with Crippen molar-refractivity contribution in [3.05, 3.63) is 47.9 Å². The Morgan fingerprint density at radius 3 is 2.51 bits per heavy atom. The Kier molecular flexibility index (Phi) is 9.78. The summed E-state index contributed by atoms with van der Waals surface area (Å²) in [4.78, 5) is 39.4. The fourth-order valence-electron chi connectivity index (χ4n) is 5.63. The number of rotatable bonds is 10. The van der Waals surface area contributed by atoms with Crippen LogP contribution in [0.25, 0.3) is 22.2 Å². The average molecular weight is 566 g/mol. The Morgan fingerprint density at radius 2 is 1.85 bits per heavy atom. The molecule has 1 N–H and O–H groups in total. The zero-order valence-corrected chi connectivity index (χ0v) is 25.0. The van der Waals surface area contributed by atoms with Crippen LogP contribution >= 0.6 is 0 Å². The lowest BCUT2D eigenvalue weighted by Gasteiger charge is -2.24. The van der Waals surface area contributed by atoms with E-state index in [0.717, 1.165) is 47.8 Å². The Balaban J connectivity index is 1.53. The van der Waals surface area contributed by atoms with Crippen LogP contribution in [-0.4, -0.2) is 60.3 Å². The molecule has 3 aromatic rings. The molecular weight excluding hydrogens is 522 g/mol. The van der Waals surface area contributed by atoms with E-state index in [1.54, 1.807) is 30.5 Å². The van der Waals surface area contributed by atoms with Crippen LogP contribution in [0, 0.1) is 0 Å². The summed E-state index contributed by atoms with van der Waals surface area (Å²) in [6.45, 7) is 6.66. The smallest absolute Gasteiger partial charge is 0.410 e. The molecule has 222 valence electrons. The van der Waals surface area contributed by atoms with Gasteiger partial charge in [-0.1, -0.05) is 25.3 Å². The van der Waals surface area contributed by atoms with E-state index < -0.39 is 11.6 Å². The molecule has 1 fully saturated rings. The van der Waals surface area contributed by atoms with E-state index in [4.69, 9.17) is 13.9 Å². The minimum absolute atomic E-state index is 0.103. The van der Waals surface area contributed by atoms with Crippen molar-refractivity contribution in [1.29, 1.82) is 0 Å². The number of carbonyl (C=O) groups excluding carboxylic acids is 3. The summed E-state index contributed by atoms with van der Waals surface area (Å²) in [5.74, 6) is -0.165. The number of ether oxygens (including phenoxy) is 2. The molecule has 2 heterocycles. The molecule has 1 aliphatic carbocycles. The van der Waals surface area contributed by atoms with Crippen LogP contribution < -0.4 is 5.32 Å². The number of aromatic nitrogens is 1.